The number of hydrogen-bond acceptors (Lipinski definition) is 5. The Balaban J connectivity index is 2.61. The lowest BCUT2D eigenvalue weighted by molar-refractivity contribution is -0.144. The molecule has 0 amide bonds. The van der Waals surface area contributed by atoms with Crippen molar-refractivity contribution in [3.05, 3.63) is 29.8 Å². The number of carbonyl (C=O) groups excluding carboxylic acids is 2. The summed E-state index contributed by atoms with van der Waals surface area (Å²) in [5, 5.41) is 0. The predicted octanol–water partition coefficient (Wildman–Crippen LogP) is 1.87. The maximum Gasteiger partial charge on any atom is 0.323 e. The van der Waals surface area contributed by atoms with Gasteiger partial charge in [0.25, 0.3) is 0 Å². The van der Waals surface area contributed by atoms with E-state index in [4.69, 9.17) is 10.5 Å². The first-order valence-electron chi connectivity index (χ1n) is 5.68. The number of ketones is 1. The summed E-state index contributed by atoms with van der Waals surface area (Å²) >= 11 is 1.60. The third-order valence-electron chi connectivity index (χ3n) is 2.41. The lowest BCUT2D eigenvalue weighted by atomic mass is 10.0. The molecule has 0 aliphatic rings. The number of carbonyl (C=O) groups is 2. The Morgan fingerprint density at radius 2 is 1.94 bits per heavy atom. The summed E-state index contributed by atoms with van der Waals surface area (Å²) in [5.41, 5.74) is 6.16. The van der Waals surface area contributed by atoms with Gasteiger partial charge in [-0.05, 0) is 25.3 Å². The molecule has 0 aliphatic carbocycles. The molecular formula is C13H17NO3S. The molecule has 4 nitrogen and oxygen atoms in total. The van der Waals surface area contributed by atoms with Crippen molar-refractivity contribution in [2.24, 2.45) is 5.73 Å². The highest BCUT2D eigenvalue weighted by atomic mass is 32.2. The van der Waals surface area contributed by atoms with E-state index >= 15 is 0 Å². The van der Waals surface area contributed by atoms with Gasteiger partial charge in [-0.2, -0.15) is 0 Å². The van der Waals surface area contributed by atoms with Crippen LogP contribution in [-0.4, -0.2) is 30.7 Å². The highest BCUT2D eigenvalue weighted by Gasteiger charge is 2.19. The first kappa shape index (κ1) is 14.7. The fourth-order valence-electron chi connectivity index (χ4n) is 1.43. The second kappa shape index (κ2) is 7.18. The number of hydrogen-bond donors (Lipinski definition) is 1. The summed E-state index contributed by atoms with van der Waals surface area (Å²) in [6.45, 7) is 1.97. The van der Waals surface area contributed by atoms with Crippen molar-refractivity contribution >= 4 is 23.5 Å². The molecule has 5 heteroatoms. The largest absolute Gasteiger partial charge is 0.465 e. The minimum absolute atomic E-state index is 0.0303. The number of ether oxygens (including phenoxy) is 1. The van der Waals surface area contributed by atoms with Crippen LogP contribution in [0.15, 0.2) is 29.2 Å². The Morgan fingerprint density at radius 1 is 1.33 bits per heavy atom. The molecule has 0 heterocycles. The van der Waals surface area contributed by atoms with Gasteiger partial charge in [0.1, 0.15) is 6.04 Å². The first-order valence-corrected chi connectivity index (χ1v) is 6.90. The minimum Gasteiger partial charge on any atom is -0.465 e. The molecule has 1 aromatic rings. The van der Waals surface area contributed by atoms with E-state index in [0.717, 1.165) is 4.90 Å². The number of nitrogens with two attached hydrogens (primary N) is 1. The molecule has 0 aromatic heterocycles. The number of rotatable bonds is 6. The SMILES string of the molecule is CCOC(=O)C(N)CC(=O)c1ccc(SC)cc1. The van der Waals surface area contributed by atoms with E-state index < -0.39 is 12.0 Å². The maximum absolute atomic E-state index is 11.9. The summed E-state index contributed by atoms with van der Waals surface area (Å²) in [6.07, 6.45) is 1.94. The normalized spacial score (nSPS) is 11.9. The van der Waals surface area contributed by atoms with Crippen molar-refractivity contribution in [3.8, 4) is 0 Å². The third-order valence-corrected chi connectivity index (χ3v) is 3.15. The van der Waals surface area contributed by atoms with Gasteiger partial charge < -0.3 is 10.5 Å². The number of benzene rings is 1. The van der Waals surface area contributed by atoms with Gasteiger partial charge >= 0.3 is 5.97 Å². The van der Waals surface area contributed by atoms with E-state index in [-0.39, 0.29) is 18.8 Å². The summed E-state index contributed by atoms with van der Waals surface area (Å²) in [6, 6.07) is 6.33. The number of esters is 1. The molecule has 1 aromatic carbocycles. The van der Waals surface area contributed by atoms with Crippen molar-refractivity contribution in [2.45, 2.75) is 24.3 Å². The molecule has 0 saturated carbocycles. The third kappa shape index (κ3) is 4.16. The summed E-state index contributed by atoms with van der Waals surface area (Å²) in [7, 11) is 0. The van der Waals surface area contributed by atoms with Crippen LogP contribution in [0.1, 0.15) is 23.7 Å². The van der Waals surface area contributed by atoms with Crippen molar-refractivity contribution < 1.29 is 14.3 Å². The molecule has 98 valence electrons. The second-order valence-electron chi connectivity index (χ2n) is 3.71. The molecule has 0 radical (unpaired) electrons. The van der Waals surface area contributed by atoms with Crippen LogP contribution in [0.2, 0.25) is 0 Å². The highest BCUT2D eigenvalue weighted by molar-refractivity contribution is 7.98. The van der Waals surface area contributed by atoms with Gasteiger partial charge in [0.15, 0.2) is 5.78 Å². The minimum atomic E-state index is -0.891. The van der Waals surface area contributed by atoms with Crippen molar-refractivity contribution in [1.29, 1.82) is 0 Å². The monoisotopic (exact) mass is 267 g/mol. The van der Waals surface area contributed by atoms with Crippen LogP contribution < -0.4 is 5.73 Å². The summed E-state index contributed by atoms with van der Waals surface area (Å²) < 4.78 is 4.76. The fraction of sp³-hybridized carbons (Fsp3) is 0.385. The zero-order valence-electron chi connectivity index (χ0n) is 10.5. The molecule has 0 bridgehead atoms. The van der Waals surface area contributed by atoms with Crippen LogP contribution in [0.3, 0.4) is 0 Å². The Hall–Kier alpha value is -1.33. The standard InChI is InChI=1S/C13H17NO3S/c1-3-17-13(16)11(14)8-12(15)9-4-6-10(18-2)7-5-9/h4-7,11H,3,8,14H2,1-2H3. The average Bonchev–Trinajstić information content (AvgIpc) is 2.39. The smallest absolute Gasteiger partial charge is 0.323 e. The Bertz CT molecular complexity index is 417. The molecule has 1 rings (SSSR count). The van der Waals surface area contributed by atoms with Gasteiger partial charge in [-0.25, -0.2) is 0 Å². The molecule has 0 spiro atoms. The van der Waals surface area contributed by atoms with Gasteiger partial charge in [-0.1, -0.05) is 12.1 Å². The van der Waals surface area contributed by atoms with Crippen molar-refractivity contribution in [3.63, 3.8) is 0 Å². The van der Waals surface area contributed by atoms with Crippen LogP contribution in [-0.2, 0) is 9.53 Å². The molecule has 0 fully saturated rings. The van der Waals surface area contributed by atoms with Gasteiger partial charge in [-0.15, -0.1) is 11.8 Å². The topological polar surface area (TPSA) is 69.4 Å². The zero-order chi connectivity index (χ0) is 13.5. The maximum atomic E-state index is 11.9. The van der Waals surface area contributed by atoms with E-state index in [1.165, 1.54) is 0 Å². The zero-order valence-corrected chi connectivity index (χ0v) is 11.3. The van der Waals surface area contributed by atoms with E-state index in [1.54, 1.807) is 30.8 Å². The van der Waals surface area contributed by atoms with E-state index in [2.05, 4.69) is 0 Å². The highest BCUT2D eigenvalue weighted by Crippen LogP contribution is 2.16. The molecule has 2 N–H and O–H groups in total. The van der Waals surface area contributed by atoms with Crippen LogP contribution in [0.5, 0.6) is 0 Å². The molecular weight excluding hydrogens is 250 g/mol. The number of thioether (sulfide) groups is 1. The molecule has 0 saturated heterocycles. The molecule has 18 heavy (non-hydrogen) atoms. The first-order chi connectivity index (χ1) is 8.58. The summed E-state index contributed by atoms with van der Waals surface area (Å²) in [4.78, 5) is 24.3. The molecule has 0 aliphatic heterocycles. The Labute approximate surface area is 111 Å². The lowest BCUT2D eigenvalue weighted by Gasteiger charge is -2.09. The van der Waals surface area contributed by atoms with Crippen LogP contribution >= 0.6 is 11.8 Å². The summed E-state index contributed by atoms with van der Waals surface area (Å²) in [5.74, 6) is -0.685. The van der Waals surface area contributed by atoms with Crippen LogP contribution in [0.4, 0.5) is 0 Å². The molecule has 1 unspecified atom stereocenters. The second-order valence-corrected chi connectivity index (χ2v) is 4.59. The fourth-order valence-corrected chi connectivity index (χ4v) is 1.84. The van der Waals surface area contributed by atoms with Crippen LogP contribution in [0, 0.1) is 0 Å². The number of Topliss-reactive ketones (excluding diaryl/α,β-unsaturated/α-hetero) is 1. The van der Waals surface area contributed by atoms with E-state index in [9.17, 15) is 9.59 Å². The van der Waals surface area contributed by atoms with Crippen molar-refractivity contribution in [2.75, 3.05) is 12.9 Å². The molecule has 1 atom stereocenters. The predicted molar refractivity (Wildman–Crippen MR) is 71.8 cm³/mol. The van der Waals surface area contributed by atoms with Gasteiger partial charge in [0.2, 0.25) is 0 Å². The van der Waals surface area contributed by atoms with E-state index in [0.29, 0.717) is 5.56 Å². The van der Waals surface area contributed by atoms with Crippen molar-refractivity contribution in [1.82, 2.24) is 0 Å². The van der Waals surface area contributed by atoms with Crippen LogP contribution in [0.25, 0.3) is 0 Å². The average molecular weight is 267 g/mol. The van der Waals surface area contributed by atoms with E-state index in [1.807, 2.05) is 18.4 Å². The Morgan fingerprint density at radius 3 is 2.44 bits per heavy atom. The van der Waals surface area contributed by atoms with Gasteiger partial charge in [0.05, 0.1) is 6.61 Å². The Kier molecular flexibility index (Phi) is 5.88. The lowest BCUT2D eigenvalue weighted by Crippen LogP contribution is -2.34. The van der Waals surface area contributed by atoms with Gasteiger partial charge in [-0.3, -0.25) is 9.59 Å². The quantitative estimate of drug-likeness (QED) is 0.484. The van der Waals surface area contributed by atoms with Gasteiger partial charge in [0, 0.05) is 16.9 Å².